The summed E-state index contributed by atoms with van der Waals surface area (Å²) < 4.78 is 16.8. The van der Waals surface area contributed by atoms with Gasteiger partial charge in [0, 0.05) is 34.1 Å². The van der Waals surface area contributed by atoms with Gasteiger partial charge in [0.05, 0.1) is 13.2 Å². The van der Waals surface area contributed by atoms with Crippen molar-refractivity contribution in [3.63, 3.8) is 0 Å². The zero-order valence-corrected chi connectivity index (χ0v) is 14.4. The summed E-state index contributed by atoms with van der Waals surface area (Å²) in [7, 11) is 0.863. The molecule has 1 N–H and O–H groups in total. The lowest BCUT2D eigenvalue weighted by atomic mass is 10.0. The first-order valence-corrected chi connectivity index (χ1v) is 9.02. The highest BCUT2D eigenvalue weighted by Crippen LogP contribution is 2.29. The minimum absolute atomic E-state index is 0.122. The van der Waals surface area contributed by atoms with E-state index >= 15 is 0 Å². The number of ether oxygens (including phenoxy) is 1. The van der Waals surface area contributed by atoms with Gasteiger partial charge in [-0.3, -0.25) is 4.21 Å². The van der Waals surface area contributed by atoms with Gasteiger partial charge >= 0.3 is 0 Å². The van der Waals surface area contributed by atoms with E-state index in [0.717, 1.165) is 22.6 Å². The van der Waals surface area contributed by atoms with Crippen molar-refractivity contribution in [2.45, 2.75) is 25.6 Å². The largest absolute Gasteiger partial charge is 0.496 e. The molecule has 0 aliphatic heterocycles. The summed E-state index contributed by atoms with van der Waals surface area (Å²) in [5, 5.41) is 3.49. The van der Waals surface area contributed by atoms with E-state index in [2.05, 4.69) is 31.3 Å². The molecule has 0 radical (unpaired) electrons. The normalized spacial score (nSPS) is 13.5. The second-order valence-electron chi connectivity index (χ2n) is 5.53. The van der Waals surface area contributed by atoms with Gasteiger partial charge in [-0.05, 0) is 37.6 Å². The first-order valence-electron chi connectivity index (χ1n) is 7.29. The molecule has 4 heteroatoms. The average molecular weight is 317 g/mol. The van der Waals surface area contributed by atoms with Crippen molar-refractivity contribution in [3.05, 3.63) is 59.2 Å². The molecule has 2 rings (SSSR count). The molecule has 0 saturated carbocycles. The van der Waals surface area contributed by atoms with Gasteiger partial charge in [-0.1, -0.05) is 29.8 Å². The highest BCUT2D eigenvalue weighted by Gasteiger charge is 2.12. The fourth-order valence-electron chi connectivity index (χ4n) is 2.51. The molecule has 0 saturated heterocycles. The molecular formula is C18H23NO2S. The zero-order valence-electron chi connectivity index (χ0n) is 13.6. The SMILES string of the molecule is COc1ccc(C)cc1[C@@H](C)Nc1cccc(C[S@@](C)=O)c1. The molecule has 2 aromatic carbocycles. The molecule has 0 bridgehead atoms. The number of aryl methyl sites for hydroxylation is 1. The molecule has 0 aliphatic carbocycles. The summed E-state index contributed by atoms with van der Waals surface area (Å²) in [6.45, 7) is 4.19. The van der Waals surface area contributed by atoms with Crippen LogP contribution in [0.15, 0.2) is 42.5 Å². The van der Waals surface area contributed by atoms with Crippen LogP contribution in [0.3, 0.4) is 0 Å². The molecule has 0 amide bonds. The molecule has 118 valence electrons. The van der Waals surface area contributed by atoms with Crippen LogP contribution in [0.2, 0.25) is 0 Å². The second-order valence-corrected chi connectivity index (χ2v) is 6.96. The maximum absolute atomic E-state index is 11.4. The highest BCUT2D eigenvalue weighted by atomic mass is 32.2. The van der Waals surface area contributed by atoms with E-state index in [9.17, 15) is 4.21 Å². The fraction of sp³-hybridized carbons (Fsp3) is 0.333. The minimum Gasteiger partial charge on any atom is -0.496 e. The zero-order chi connectivity index (χ0) is 16.1. The highest BCUT2D eigenvalue weighted by molar-refractivity contribution is 7.83. The monoisotopic (exact) mass is 317 g/mol. The predicted octanol–water partition coefficient (Wildman–Crippen LogP) is 4.06. The number of hydrogen-bond donors (Lipinski definition) is 1. The van der Waals surface area contributed by atoms with E-state index in [0.29, 0.717) is 5.75 Å². The summed E-state index contributed by atoms with van der Waals surface area (Å²) in [5.41, 5.74) is 4.44. The third kappa shape index (κ3) is 4.34. The van der Waals surface area contributed by atoms with Gasteiger partial charge in [0.25, 0.3) is 0 Å². The Balaban J connectivity index is 2.20. The number of methoxy groups -OCH3 is 1. The van der Waals surface area contributed by atoms with Gasteiger partial charge in [0.2, 0.25) is 0 Å². The van der Waals surface area contributed by atoms with Gasteiger partial charge in [-0.25, -0.2) is 0 Å². The van der Waals surface area contributed by atoms with Crippen LogP contribution in [0, 0.1) is 6.92 Å². The maximum atomic E-state index is 11.4. The van der Waals surface area contributed by atoms with E-state index in [1.165, 1.54) is 5.56 Å². The Morgan fingerprint density at radius 3 is 2.68 bits per heavy atom. The Morgan fingerprint density at radius 2 is 2.00 bits per heavy atom. The van der Waals surface area contributed by atoms with Gasteiger partial charge in [-0.2, -0.15) is 0 Å². The van der Waals surface area contributed by atoms with Crippen molar-refractivity contribution >= 4 is 16.5 Å². The van der Waals surface area contributed by atoms with E-state index in [-0.39, 0.29) is 6.04 Å². The summed E-state index contributed by atoms with van der Waals surface area (Å²) in [4.78, 5) is 0. The lowest BCUT2D eigenvalue weighted by molar-refractivity contribution is 0.408. The molecule has 0 aliphatic rings. The molecular weight excluding hydrogens is 294 g/mol. The van der Waals surface area contributed by atoms with Crippen LogP contribution in [0.1, 0.15) is 29.7 Å². The molecule has 22 heavy (non-hydrogen) atoms. The molecule has 3 nitrogen and oxygen atoms in total. The Labute approximate surface area is 135 Å². The van der Waals surface area contributed by atoms with Gasteiger partial charge < -0.3 is 10.1 Å². The Kier molecular flexibility index (Phi) is 5.61. The Bertz CT molecular complexity index is 670. The number of hydrogen-bond acceptors (Lipinski definition) is 3. The number of anilines is 1. The van der Waals surface area contributed by atoms with Gasteiger partial charge in [-0.15, -0.1) is 0 Å². The lowest BCUT2D eigenvalue weighted by Crippen LogP contribution is -2.09. The van der Waals surface area contributed by atoms with Crippen molar-refractivity contribution < 1.29 is 8.95 Å². The van der Waals surface area contributed by atoms with Gasteiger partial charge in [0.1, 0.15) is 5.75 Å². The smallest absolute Gasteiger partial charge is 0.124 e. The number of rotatable bonds is 6. The van der Waals surface area contributed by atoms with E-state index in [1.54, 1.807) is 13.4 Å². The van der Waals surface area contributed by atoms with Crippen molar-refractivity contribution in [3.8, 4) is 5.75 Å². The first-order chi connectivity index (χ1) is 10.5. The Morgan fingerprint density at radius 1 is 1.23 bits per heavy atom. The van der Waals surface area contributed by atoms with Crippen LogP contribution < -0.4 is 10.1 Å². The second kappa shape index (κ2) is 7.45. The summed E-state index contributed by atoms with van der Waals surface area (Å²) in [6, 6.07) is 14.4. The van der Waals surface area contributed by atoms with Crippen LogP contribution >= 0.6 is 0 Å². The number of nitrogens with one attached hydrogen (secondary N) is 1. The summed E-state index contributed by atoms with van der Waals surface area (Å²) in [6.07, 6.45) is 1.72. The van der Waals surface area contributed by atoms with Crippen LogP contribution in [0.5, 0.6) is 5.75 Å². The molecule has 0 unspecified atom stereocenters. The summed E-state index contributed by atoms with van der Waals surface area (Å²) >= 11 is 0. The summed E-state index contributed by atoms with van der Waals surface area (Å²) in [5.74, 6) is 1.47. The Hall–Kier alpha value is -1.81. The predicted molar refractivity (Wildman–Crippen MR) is 94.0 cm³/mol. The van der Waals surface area contributed by atoms with Crippen molar-refractivity contribution in [2.24, 2.45) is 0 Å². The van der Waals surface area contributed by atoms with E-state index in [1.807, 2.05) is 30.3 Å². The minimum atomic E-state index is -0.829. The third-order valence-electron chi connectivity index (χ3n) is 3.53. The van der Waals surface area contributed by atoms with E-state index in [4.69, 9.17) is 4.74 Å². The quantitative estimate of drug-likeness (QED) is 0.873. The molecule has 0 fully saturated rings. The molecule has 2 aromatic rings. The molecule has 0 heterocycles. The third-order valence-corrected chi connectivity index (χ3v) is 4.27. The molecule has 0 aromatic heterocycles. The lowest BCUT2D eigenvalue weighted by Gasteiger charge is -2.19. The fourth-order valence-corrected chi connectivity index (χ4v) is 3.15. The molecule has 2 atom stereocenters. The molecule has 0 spiro atoms. The van der Waals surface area contributed by atoms with Crippen LogP contribution in [0.25, 0.3) is 0 Å². The van der Waals surface area contributed by atoms with Gasteiger partial charge in [0.15, 0.2) is 0 Å². The van der Waals surface area contributed by atoms with Crippen LogP contribution in [0.4, 0.5) is 5.69 Å². The topological polar surface area (TPSA) is 38.3 Å². The van der Waals surface area contributed by atoms with Crippen molar-refractivity contribution in [2.75, 3.05) is 18.7 Å². The van der Waals surface area contributed by atoms with Crippen molar-refractivity contribution in [1.82, 2.24) is 0 Å². The number of benzene rings is 2. The average Bonchev–Trinajstić information content (AvgIpc) is 2.46. The van der Waals surface area contributed by atoms with E-state index < -0.39 is 10.8 Å². The maximum Gasteiger partial charge on any atom is 0.124 e. The van der Waals surface area contributed by atoms with Crippen molar-refractivity contribution in [1.29, 1.82) is 0 Å². The standard InChI is InChI=1S/C18H23NO2S/c1-13-8-9-18(21-3)17(10-13)14(2)19-16-7-5-6-15(11-16)12-22(4)20/h5-11,14,19H,12H2,1-4H3/t14-,22-/m1/s1. The van der Waals surface area contributed by atoms with Crippen LogP contribution in [-0.2, 0) is 16.6 Å². The first kappa shape index (κ1) is 16.6. The van der Waals surface area contributed by atoms with Crippen LogP contribution in [-0.4, -0.2) is 17.6 Å².